The lowest BCUT2D eigenvalue weighted by atomic mass is 10.3. The topological polar surface area (TPSA) is 121 Å². The van der Waals surface area contributed by atoms with E-state index in [1.54, 1.807) is 0 Å². The van der Waals surface area contributed by atoms with Crippen LogP contribution in [-0.4, -0.2) is 45.9 Å². The molecule has 0 unspecified atom stereocenters. The lowest BCUT2D eigenvalue weighted by Crippen LogP contribution is -2.27. The Bertz CT molecular complexity index is 497. The minimum atomic E-state index is -1.25. The van der Waals surface area contributed by atoms with E-state index in [0.717, 1.165) is 16.3 Å². The molecule has 1 aliphatic rings. The smallest absolute Gasteiger partial charge is 0.358 e. The summed E-state index contributed by atoms with van der Waals surface area (Å²) in [7, 11) is 0. The molecule has 0 bridgehead atoms. The Balaban J connectivity index is 2.32. The molecule has 2 amide bonds. The van der Waals surface area contributed by atoms with Crippen LogP contribution in [-0.2, 0) is 4.79 Å². The van der Waals surface area contributed by atoms with Crippen molar-refractivity contribution in [3.05, 3.63) is 11.1 Å². The zero-order valence-corrected chi connectivity index (χ0v) is 9.40. The Labute approximate surface area is 99.7 Å². The minimum absolute atomic E-state index is 0.153. The number of nitrogen functional groups attached to an aromatic ring is 1. The van der Waals surface area contributed by atoms with E-state index in [4.69, 9.17) is 10.8 Å². The van der Waals surface area contributed by atoms with Gasteiger partial charge in [0.2, 0.25) is 0 Å². The number of nitrogens with one attached hydrogen (secondary N) is 1. The van der Waals surface area contributed by atoms with E-state index in [-0.39, 0.29) is 16.5 Å². The lowest BCUT2D eigenvalue weighted by Gasteiger charge is -2.07. The van der Waals surface area contributed by atoms with Gasteiger partial charge in [-0.25, -0.2) is 19.6 Å². The highest BCUT2D eigenvalue weighted by atomic mass is 32.1. The molecule has 4 N–H and O–H groups in total. The van der Waals surface area contributed by atoms with Crippen molar-refractivity contribution in [1.82, 2.24) is 15.3 Å². The van der Waals surface area contributed by atoms with Gasteiger partial charge in [0.1, 0.15) is 5.69 Å². The first-order valence-electron chi connectivity index (χ1n) is 4.66. The molecule has 0 spiro atoms. The van der Waals surface area contributed by atoms with E-state index in [9.17, 15) is 9.59 Å². The standard InChI is InChI=1S/C8H9N5O3S/c9-7-11-4(3-17-7)5(6(14)15)12-13-2-1-10-8(13)16/h3H,1-2H2,(H2,9,11)(H,10,16)(H,14,15). The van der Waals surface area contributed by atoms with Crippen LogP contribution in [0.2, 0.25) is 0 Å². The predicted molar refractivity (Wildman–Crippen MR) is 60.8 cm³/mol. The van der Waals surface area contributed by atoms with E-state index >= 15 is 0 Å². The fraction of sp³-hybridized carbons (Fsp3) is 0.250. The largest absolute Gasteiger partial charge is 0.476 e. The summed E-state index contributed by atoms with van der Waals surface area (Å²) in [4.78, 5) is 26.1. The van der Waals surface area contributed by atoms with Crippen molar-refractivity contribution in [2.75, 3.05) is 18.8 Å². The number of carbonyl (C=O) groups excluding carboxylic acids is 1. The minimum Gasteiger partial charge on any atom is -0.476 e. The quantitative estimate of drug-likeness (QED) is 0.631. The van der Waals surface area contributed by atoms with Crippen LogP contribution in [0.3, 0.4) is 0 Å². The Morgan fingerprint density at radius 3 is 2.94 bits per heavy atom. The number of hydrogen-bond acceptors (Lipinski definition) is 6. The SMILES string of the molecule is Nc1nc(C(=NN2CCNC2=O)C(=O)O)cs1. The summed E-state index contributed by atoms with van der Waals surface area (Å²) in [5.74, 6) is -1.25. The Hall–Kier alpha value is -2.16. The third-order valence-corrected chi connectivity index (χ3v) is 2.70. The third kappa shape index (κ3) is 2.33. The number of hydrazone groups is 1. The van der Waals surface area contributed by atoms with Gasteiger partial charge in [-0.15, -0.1) is 11.3 Å². The number of rotatable bonds is 3. The first-order chi connectivity index (χ1) is 8.08. The number of carboxylic acid groups (broad SMARTS) is 1. The average molecular weight is 255 g/mol. The summed E-state index contributed by atoms with van der Waals surface area (Å²) in [5.41, 5.74) is 5.27. The molecule has 1 aromatic rings. The van der Waals surface area contributed by atoms with Gasteiger partial charge in [0.15, 0.2) is 10.8 Å². The van der Waals surface area contributed by atoms with Gasteiger partial charge in [-0.05, 0) is 0 Å². The van der Waals surface area contributed by atoms with Crippen molar-refractivity contribution in [3.63, 3.8) is 0 Å². The maximum absolute atomic E-state index is 11.2. The van der Waals surface area contributed by atoms with Gasteiger partial charge in [0.25, 0.3) is 0 Å². The molecule has 0 radical (unpaired) electrons. The summed E-state index contributed by atoms with van der Waals surface area (Å²) in [6, 6.07) is -0.424. The van der Waals surface area contributed by atoms with Crippen molar-refractivity contribution in [1.29, 1.82) is 0 Å². The molecule has 2 rings (SSSR count). The molecule has 0 saturated carbocycles. The second kappa shape index (κ2) is 4.37. The van der Waals surface area contributed by atoms with Crippen molar-refractivity contribution < 1.29 is 14.7 Å². The summed E-state index contributed by atoms with van der Waals surface area (Å²) < 4.78 is 0. The van der Waals surface area contributed by atoms with Crippen LogP contribution < -0.4 is 11.1 Å². The Kier molecular flexibility index (Phi) is 2.91. The van der Waals surface area contributed by atoms with Crippen LogP contribution in [0, 0.1) is 0 Å². The number of hydrogen-bond donors (Lipinski definition) is 3. The maximum atomic E-state index is 11.2. The predicted octanol–water partition coefficient (Wildman–Crippen LogP) is -0.461. The monoisotopic (exact) mass is 255 g/mol. The molecule has 0 aromatic carbocycles. The number of thiazole rings is 1. The average Bonchev–Trinajstić information content (AvgIpc) is 2.84. The molecule has 9 heteroatoms. The van der Waals surface area contributed by atoms with Gasteiger partial charge < -0.3 is 16.2 Å². The van der Waals surface area contributed by atoms with Crippen LogP contribution in [0.1, 0.15) is 5.69 Å². The Morgan fingerprint density at radius 1 is 1.71 bits per heavy atom. The molecule has 1 aromatic heterocycles. The van der Waals surface area contributed by atoms with Crippen LogP contribution in [0.5, 0.6) is 0 Å². The van der Waals surface area contributed by atoms with E-state index in [2.05, 4.69) is 15.4 Å². The number of nitrogens with zero attached hydrogens (tertiary/aromatic N) is 3. The number of aromatic nitrogens is 1. The first kappa shape index (κ1) is 11.3. The van der Waals surface area contributed by atoms with Crippen molar-refractivity contribution in [2.45, 2.75) is 0 Å². The summed E-state index contributed by atoms with van der Waals surface area (Å²) in [5, 5.41) is 18.1. The van der Waals surface area contributed by atoms with Crippen LogP contribution in [0.15, 0.2) is 10.5 Å². The Morgan fingerprint density at radius 2 is 2.47 bits per heavy atom. The number of anilines is 1. The molecule has 1 saturated heterocycles. The number of carboxylic acids is 1. The van der Waals surface area contributed by atoms with Gasteiger partial charge in [0.05, 0.1) is 6.54 Å². The fourth-order valence-electron chi connectivity index (χ4n) is 1.28. The number of nitrogens with two attached hydrogens (primary N) is 1. The van der Waals surface area contributed by atoms with Gasteiger partial charge in [-0.2, -0.15) is 5.10 Å². The van der Waals surface area contributed by atoms with Crippen LogP contribution in [0.4, 0.5) is 9.93 Å². The third-order valence-electron chi connectivity index (χ3n) is 2.02. The van der Waals surface area contributed by atoms with E-state index in [0.29, 0.717) is 13.1 Å². The van der Waals surface area contributed by atoms with Gasteiger partial charge in [-0.3, -0.25) is 0 Å². The highest BCUT2D eigenvalue weighted by Crippen LogP contribution is 2.13. The zero-order valence-electron chi connectivity index (χ0n) is 8.58. The molecule has 1 fully saturated rings. The number of urea groups is 1. The summed E-state index contributed by atoms with van der Waals surface area (Å²) >= 11 is 1.11. The molecule has 2 heterocycles. The second-order valence-electron chi connectivity index (χ2n) is 3.18. The fourth-order valence-corrected chi connectivity index (χ4v) is 1.83. The highest BCUT2D eigenvalue weighted by Gasteiger charge is 2.23. The van der Waals surface area contributed by atoms with Gasteiger partial charge in [0, 0.05) is 11.9 Å². The van der Waals surface area contributed by atoms with E-state index in [1.807, 2.05) is 0 Å². The molecular formula is C8H9N5O3S. The molecule has 0 atom stereocenters. The van der Waals surface area contributed by atoms with Crippen LogP contribution in [0.25, 0.3) is 0 Å². The van der Waals surface area contributed by atoms with E-state index < -0.39 is 12.0 Å². The number of carbonyl (C=O) groups is 2. The second-order valence-corrected chi connectivity index (χ2v) is 4.07. The molecule has 8 nitrogen and oxygen atoms in total. The number of aliphatic carboxylic acids is 1. The highest BCUT2D eigenvalue weighted by molar-refractivity contribution is 7.13. The molecule has 17 heavy (non-hydrogen) atoms. The molecule has 0 aliphatic carbocycles. The molecule has 90 valence electrons. The van der Waals surface area contributed by atoms with Crippen molar-refractivity contribution in [2.24, 2.45) is 5.10 Å². The van der Waals surface area contributed by atoms with E-state index in [1.165, 1.54) is 5.38 Å². The van der Waals surface area contributed by atoms with Crippen LogP contribution >= 0.6 is 11.3 Å². The zero-order chi connectivity index (χ0) is 12.4. The maximum Gasteiger partial charge on any atom is 0.358 e. The van der Waals surface area contributed by atoms with Gasteiger partial charge in [-0.1, -0.05) is 0 Å². The number of amides is 2. The lowest BCUT2D eigenvalue weighted by molar-refractivity contribution is -0.129. The van der Waals surface area contributed by atoms with Crippen molar-refractivity contribution in [3.8, 4) is 0 Å². The van der Waals surface area contributed by atoms with Gasteiger partial charge >= 0.3 is 12.0 Å². The first-order valence-corrected chi connectivity index (χ1v) is 5.54. The van der Waals surface area contributed by atoms with Crippen molar-refractivity contribution >= 4 is 34.2 Å². The molecular weight excluding hydrogens is 246 g/mol. The molecule has 1 aliphatic heterocycles. The summed E-state index contributed by atoms with van der Waals surface area (Å²) in [6.07, 6.45) is 0. The normalized spacial score (nSPS) is 16.1. The summed E-state index contributed by atoms with van der Waals surface area (Å²) in [6.45, 7) is 0.768.